The van der Waals surface area contributed by atoms with Gasteiger partial charge in [-0.1, -0.05) is 0 Å². The van der Waals surface area contributed by atoms with Crippen molar-refractivity contribution in [2.24, 2.45) is 0 Å². The van der Waals surface area contributed by atoms with Gasteiger partial charge in [0.15, 0.2) is 0 Å². The van der Waals surface area contributed by atoms with E-state index in [1.165, 1.54) is 6.42 Å². The Morgan fingerprint density at radius 3 is 2.83 bits per heavy atom. The summed E-state index contributed by atoms with van der Waals surface area (Å²) < 4.78 is 5.55. The molecule has 0 aliphatic carbocycles. The molecule has 2 rings (SSSR count). The van der Waals surface area contributed by atoms with Crippen LogP contribution in [0.15, 0.2) is 0 Å². The summed E-state index contributed by atoms with van der Waals surface area (Å²) in [5.41, 5.74) is 0. The van der Waals surface area contributed by atoms with Gasteiger partial charge in [-0.3, -0.25) is 0 Å². The van der Waals surface area contributed by atoms with Gasteiger partial charge in [0.1, 0.15) is 0 Å². The van der Waals surface area contributed by atoms with E-state index in [0.29, 0.717) is 12.1 Å². The summed E-state index contributed by atoms with van der Waals surface area (Å²) >= 11 is 0. The minimum absolute atomic E-state index is 0. The molecule has 2 N–H and O–H groups in total. The lowest BCUT2D eigenvalue weighted by Crippen LogP contribution is -2.47. The summed E-state index contributed by atoms with van der Waals surface area (Å²) in [6, 6.07) is 0.654. The van der Waals surface area contributed by atoms with Crippen LogP contribution in [0.2, 0.25) is 0 Å². The van der Waals surface area contributed by atoms with Crippen molar-refractivity contribution < 1.29 is 4.74 Å². The molecule has 0 saturated carbocycles. The van der Waals surface area contributed by atoms with Gasteiger partial charge in [-0.15, -0.1) is 24.8 Å². The van der Waals surface area contributed by atoms with Gasteiger partial charge in [0.2, 0.25) is 0 Å². The molecular weight excluding hydrogens is 199 g/mol. The van der Waals surface area contributed by atoms with Crippen molar-refractivity contribution in [2.45, 2.75) is 18.6 Å². The van der Waals surface area contributed by atoms with Crippen LogP contribution in [0.5, 0.6) is 0 Å². The summed E-state index contributed by atoms with van der Waals surface area (Å²) in [5.74, 6) is 0. The Morgan fingerprint density at radius 2 is 2.00 bits per heavy atom. The van der Waals surface area contributed by atoms with Gasteiger partial charge in [0.05, 0.1) is 12.7 Å². The van der Waals surface area contributed by atoms with Crippen LogP contribution in [-0.2, 0) is 4.74 Å². The maximum absolute atomic E-state index is 5.55. The number of nitrogens with one attached hydrogen (secondary N) is 2. The summed E-state index contributed by atoms with van der Waals surface area (Å²) in [5, 5.41) is 6.76. The van der Waals surface area contributed by atoms with Gasteiger partial charge in [-0.25, -0.2) is 0 Å². The van der Waals surface area contributed by atoms with E-state index in [9.17, 15) is 0 Å². The van der Waals surface area contributed by atoms with Crippen LogP contribution in [0, 0.1) is 0 Å². The molecule has 0 aromatic carbocycles. The van der Waals surface area contributed by atoms with E-state index >= 15 is 0 Å². The normalized spacial score (nSPS) is 34.0. The highest BCUT2D eigenvalue weighted by Crippen LogP contribution is 2.09. The van der Waals surface area contributed by atoms with Gasteiger partial charge < -0.3 is 15.4 Å². The van der Waals surface area contributed by atoms with E-state index in [1.54, 1.807) is 0 Å². The molecule has 74 valence electrons. The molecule has 0 aromatic rings. The van der Waals surface area contributed by atoms with Gasteiger partial charge in [-0.2, -0.15) is 0 Å². The topological polar surface area (TPSA) is 33.3 Å². The number of rotatable bonds is 0. The van der Waals surface area contributed by atoms with E-state index < -0.39 is 0 Å². The SMILES string of the molecule is C1COC2CNCC(C2)N1.Cl.Cl. The number of hydrogen-bond acceptors (Lipinski definition) is 3. The highest BCUT2D eigenvalue weighted by atomic mass is 35.5. The second kappa shape index (κ2) is 6.00. The zero-order valence-electron chi connectivity index (χ0n) is 6.91. The lowest BCUT2D eigenvalue weighted by Gasteiger charge is -2.26. The summed E-state index contributed by atoms with van der Waals surface area (Å²) in [6.45, 7) is 4.05. The molecule has 2 bridgehead atoms. The lowest BCUT2D eigenvalue weighted by molar-refractivity contribution is 0.0534. The van der Waals surface area contributed by atoms with Crippen molar-refractivity contribution in [3.05, 3.63) is 0 Å². The maximum Gasteiger partial charge on any atom is 0.0715 e. The van der Waals surface area contributed by atoms with Crippen molar-refractivity contribution in [3.8, 4) is 0 Å². The Hall–Kier alpha value is 0.460. The van der Waals surface area contributed by atoms with Crippen molar-refractivity contribution in [1.29, 1.82) is 0 Å². The molecule has 2 aliphatic rings. The van der Waals surface area contributed by atoms with Gasteiger partial charge in [0.25, 0.3) is 0 Å². The Kier molecular flexibility index (Phi) is 6.23. The van der Waals surface area contributed by atoms with E-state index in [-0.39, 0.29) is 24.8 Å². The van der Waals surface area contributed by atoms with Gasteiger partial charge in [-0.05, 0) is 6.42 Å². The molecule has 0 aromatic heterocycles. The first-order chi connectivity index (χ1) is 4.95. The molecule has 0 amide bonds. The Bertz CT molecular complexity index is 114. The van der Waals surface area contributed by atoms with E-state index in [4.69, 9.17) is 4.74 Å². The molecule has 2 heterocycles. The van der Waals surface area contributed by atoms with Gasteiger partial charge >= 0.3 is 0 Å². The summed E-state index contributed by atoms with van der Waals surface area (Å²) in [6.07, 6.45) is 1.65. The Morgan fingerprint density at radius 1 is 1.17 bits per heavy atom. The largest absolute Gasteiger partial charge is 0.376 e. The third kappa shape index (κ3) is 3.07. The fraction of sp³-hybridized carbons (Fsp3) is 1.00. The highest BCUT2D eigenvalue weighted by molar-refractivity contribution is 5.85. The monoisotopic (exact) mass is 214 g/mol. The van der Waals surface area contributed by atoms with Crippen LogP contribution >= 0.6 is 24.8 Å². The van der Waals surface area contributed by atoms with Crippen LogP contribution in [0.25, 0.3) is 0 Å². The van der Waals surface area contributed by atoms with Gasteiger partial charge in [0, 0.05) is 25.7 Å². The second-order valence-corrected chi connectivity index (χ2v) is 3.04. The zero-order chi connectivity index (χ0) is 6.81. The molecule has 3 nitrogen and oxygen atoms in total. The maximum atomic E-state index is 5.55. The van der Waals surface area contributed by atoms with Crippen LogP contribution in [0.3, 0.4) is 0 Å². The van der Waals surface area contributed by atoms with E-state index in [1.807, 2.05) is 0 Å². The van der Waals surface area contributed by atoms with Crippen LogP contribution in [0.1, 0.15) is 6.42 Å². The lowest BCUT2D eigenvalue weighted by atomic mass is 10.1. The number of hydrogen-bond donors (Lipinski definition) is 2. The van der Waals surface area contributed by atoms with Crippen molar-refractivity contribution in [2.75, 3.05) is 26.2 Å². The first-order valence-electron chi connectivity index (χ1n) is 4.01. The van der Waals surface area contributed by atoms with E-state index in [0.717, 1.165) is 26.2 Å². The molecule has 12 heavy (non-hydrogen) atoms. The van der Waals surface area contributed by atoms with E-state index in [2.05, 4.69) is 10.6 Å². The number of ether oxygens (including phenoxy) is 1. The quantitative estimate of drug-likeness (QED) is 0.604. The molecule has 2 aliphatic heterocycles. The van der Waals surface area contributed by atoms with Crippen molar-refractivity contribution in [3.63, 3.8) is 0 Å². The number of piperidine rings is 1. The standard InChI is InChI=1S/C7H14N2O.2ClH/c1-2-10-7-3-6(9-1)4-8-5-7;;/h6-9H,1-5H2;2*1H. The molecule has 2 unspecified atom stereocenters. The first kappa shape index (κ1) is 12.5. The fourth-order valence-electron chi connectivity index (χ4n) is 1.67. The Balaban J connectivity index is 0.000000605. The predicted octanol–water partition coefficient (Wildman–Crippen LogP) is 0.180. The van der Waals surface area contributed by atoms with Crippen LogP contribution in [0.4, 0.5) is 0 Å². The third-order valence-corrected chi connectivity index (χ3v) is 2.20. The summed E-state index contributed by atoms with van der Waals surface area (Å²) in [4.78, 5) is 0. The average molecular weight is 215 g/mol. The number of halogens is 2. The van der Waals surface area contributed by atoms with Crippen LogP contribution in [-0.4, -0.2) is 38.4 Å². The van der Waals surface area contributed by atoms with Crippen molar-refractivity contribution >= 4 is 24.8 Å². The molecule has 5 heteroatoms. The third-order valence-electron chi connectivity index (χ3n) is 2.20. The smallest absolute Gasteiger partial charge is 0.0715 e. The number of fused-ring (bicyclic) bond motifs is 2. The second-order valence-electron chi connectivity index (χ2n) is 3.04. The fourth-order valence-corrected chi connectivity index (χ4v) is 1.67. The molecule has 2 fully saturated rings. The molecule has 0 radical (unpaired) electrons. The highest BCUT2D eigenvalue weighted by Gasteiger charge is 2.23. The van der Waals surface area contributed by atoms with Crippen LogP contribution < -0.4 is 10.6 Å². The van der Waals surface area contributed by atoms with Crippen molar-refractivity contribution in [1.82, 2.24) is 10.6 Å². The summed E-state index contributed by atoms with van der Waals surface area (Å²) in [7, 11) is 0. The first-order valence-corrected chi connectivity index (χ1v) is 4.01. The zero-order valence-corrected chi connectivity index (χ0v) is 8.55. The minimum atomic E-state index is 0. The molecule has 2 saturated heterocycles. The molecule has 0 spiro atoms. The molecule has 2 atom stereocenters. The predicted molar refractivity (Wildman–Crippen MR) is 53.5 cm³/mol. The Labute approximate surface area is 85.4 Å². The average Bonchev–Trinajstić information content (AvgIpc) is 2.12. The molecular formula is C7H16Cl2N2O. The minimum Gasteiger partial charge on any atom is -0.376 e.